The van der Waals surface area contributed by atoms with Crippen LogP contribution in [0.1, 0.15) is 12.0 Å². The number of benzene rings is 1. The van der Waals surface area contributed by atoms with Crippen molar-refractivity contribution in [3.8, 4) is 0 Å². The van der Waals surface area contributed by atoms with Crippen molar-refractivity contribution in [2.75, 3.05) is 5.75 Å². The number of hydrogen-bond acceptors (Lipinski definition) is 1. The summed E-state index contributed by atoms with van der Waals surface area (Å²) in [5.74, 6) is -2.57. The summed E-state index contributed by atoms with van der Waals surface area (Å²) in [6.07, 6.45) is 2.78. The molecule has 0 N–H and O–H groups in total. The highest BCUT2D eigenvalue weighted by Gasteiger charge is 2.20. The van der Waals surface area contributed by atoms with E-state index in [4.69, 9.17) is 0 Å². The SMILES string of the molecule is Fc1cc([CH]C2CCS2)cc(F)c1F. The van der Waals surface area contributed by atoms with E-state index in [2.05, 4.69) is 0 Å². The predicted molar refractivity (Wildman–Crippen MR) is 50.6 cm³/mol. The Labute approximate surface area is 84.5 Å². The lowest BCUT2D eigenvalue weighted by atomic mass is 10.1. The van der Waals surface area contributed by atoms with Gasteiger partial charge in [0.2, 0.25) is 0 Å². The van der Waals surface area contributed by atoms with Crippen LogP contribution in [0.5, 0.6) is 0 Å². The molecule has 1 radical (unpaired) electrons. The third-order valence-corrected chi connectivity index (χ3v) is 3.39. The molecule has 0 aromatic heterocycles. The summed E-state index contributed by atoms with van der Waals surface area (Å²) in [6, 6.07) is 2.05. The van der Waals surface area contributed by atoms with Crippen molar-refractivity contribution in [3.05, 3.63) is 41.6 Å². The predicted octanol–water partition coefficient (Wildman–Crippen LogP) is 3.16. The topological polar surface area (TPSA) is 0 Å². The van der Waals surface area contributed by atoms with E-state index in [9.17, 15) is 13.2 Å². The first-order valence-electron chi connectivity index (χ1n) is 4.28. The number of hydrogen-bond donors (Lipinski definition) is 0. The molecule has 1 fully saturated rings. The Morgan fingerprint density at radius 3 is 2.21 bits per heavy atom. The third kappa shape index (κ3) is 1.90. The van der Waals surface area contributed by atoms with Gasteiger partial charge in [-0.25, -0.2) is 13.2 Å². The molecule has 1 unspecified atom stereocenters. The maximum absolute atomic E-state index is 12.8. The molecular formula is C10H8F3S. The molecule has 0 aliphatic carbocycles. The molecular weight excluding hydrogens is 209 g/mol. The number of thioether (sulfide) groups is 1. The lowest BCUT2D eigenvalue weighted by molar-refractivity contribution is 0.446. The van der Waals surface area contributed by atoms with E-state index >= 15 is 0 Å². The Kier molecular flexibility index (Phi) is 2.72. The molecule has 1 aliphatic rings. The van der Waals surface area contributed by atoms with Crippen molar-refractivity contribution < 1.29 is 13.2 Å². The molecule has 4 heteroatoms. The molecule has 0 bridgehead atoms. The fourth-order valence-corrected chi connectivity index (χ4v) is 2.03. The summed E-state index contributed by atoms with van der Waals surface area (Å²) in [5, 5.41) is 0.319. The first kappa shape index (κ1) is 9.90. The highest BCUT2D eigenvalue weighted by Crippen LogP contribution is 2.32. The Balaban J connectivity index is 2.17. The van der Waals surface area contributed by atoms with Crippen LogP contribution in [0.4, 0.5) is 13.2 Å². The van der Waals surface area contributed by atoms with Crippen LogP contribution in [0.3, 0.4) is 0 Å². The van der Waals surface area contributed by atoms with Crippen molar-refractivity contribution in [1.29, 1.82) is 0 Å². The summed E-state index contributed by atoms with van der Waals surface area (Å²) >= 11 is 1.72. The van der Waals surface area contributed by atoms with Gasteiger partial charge in [-0.1, -0.05) is 0 Å². The molecule has 1 saturated heterocycles. The fraction of sp³-hybridized carbons (Fsp3) is 0.300. The van der Waals surface area contributed by atoms with Crippen LogP contribution in [-0.2, 0) is 0 Å². The molecule has 1 atom stereocenters. The second-order valence-corrected chi connectivity index (χ2v) is 4.51. The quantitative estimate of drug-likeness (QED) is 0.686. The van der Waals surface area contributed by atoms with Gasteiger partial charge in [0.25, 0.3) is 0 Å². The summed E-state index contributed by atoms with van der Waals surface area (Å²) < 4.78 is 38.1. The second kappa shape index (κ2) is 3.85. The standard InChI is InChI=1S/C10H8F3S/c11-8-4-6(3-7-1-2-14-7)5-9(12)10(8)13/h3-5,7H,1-2H2. The summed E-state index contributed by atoms with van der Waals surface area (Å²) in [5.41, 5.74) is 0.415. The molecule has 1 aliphatic heterocycles. The smallest absolute Gasteiger partial charge is 0.194 e. The molecule has 0 saturated carbocycles. The van der Waals surface area contributed by atoms with E-state index in [1.165, 1.54) is 0 Å². The molecule has 2 rings (SSSR count). The zero-order chi connectivity index (χ0) is 10.1. The minimum atomic E-state index is -1.40. The molecule has 1 aromatic carbocycles. The maximum Gasteiger partial charge on any atom is 0.194 e. The molecule has 0 amide bonds. The monoisotopic (exact) mass is 217 g/mol. The lowest BCUT2D eigenvalue weighted by Gasteiger charge is -2.24. The van der Waals surface area contributed by atoms with Crippen molar-refractivity contribution in [1.82, 2.24) is 0 Å². The first-order chi connectivity index (χ1) is 6.66. The van der Waals surface area contributed by atoms with Crippen LogP contribution in [0.2, 0.25) is 0 Å². The van der Waals surface area contributed by atoms with E-state index in [0.717, 1.165) is 24.3 Å². The molecule has 75 valence electrons. The largest absolute Gasteiger partial charge is 0.204 e. The van der Waals surface area contributed by atoms with Gasteiger partial charge in [-0.05, 0) is 29.9 Å². The lowest BCUT2D eigenvalue weighted by Crippen LogP contribution is -2.16. The van der Waals surface area contributed by atoms with Gasteiger partial charge in [0, 0.05) is 11.7 Å². The van der Waals surface area contributed by atoms with E-state index in [0.29, 0.717) is 10.8 Å². The number of halogens is 3. The molecule has 14 heavy (non-hydrogen) atoms. The normalized spacial score (nSPS) is 20.6. The van der Waals surface area contributed by atoms with Gasteiger partial charge in [0.1, 0.15) is 0 Å². The average Bonchev–Trinajstić information content (AvgIpc) is 2.07. The van der Waals surface area contributed by atoms with Crippen LogP contribution in [0.15, 0.2) is 12.1 Å². The maximum atomic E-state index is 12.8. The molecule has 0 nitrogen and oxygen atoms in total. The van der Waals surface area contributed by atoms with Gasteiger partial charge in [0.05, 0.1) is 0 Å². The average molecular weight is 217 g/mol. The Morgan fingerprint density at radius 1 is 1.21 bits per heavy atom. The zero-order valence-electron chi connectivity index (χ0n) is 7.27. The van der Waals surface area contributed by atoms with Crippen LogP contribution in [-0.4, -0.2) is 11.0 Å². The van der Waals surface area contributed by atoms with Gasteiger partial charge >= 0.3 is 0 Å². The van der Waals surface area contributed by atoms with E-state index in [1.807, 2.05) is 0 Å². The van der Waals surface area contributed by atoms with Gasteiger partial charge in [-0.2, -0.15) is 11.8 Å². The summed E-state index contributed by atoms with van der Waals surface area (Å²) in [6.45, 7) is 0. The molecule has 1 aromatic rings. The van der Waals surface area contributed by atoms with Gasteiger partial charge < -0.3 is 0 Å². The van der Waals surface area contributed by atoms with E-state index < -0.39 is 17.5 Å². The van der Waals surface area contributed by atoms with E-state index in [-0.39, 0.29) is 0 Å². The van der Waals surface area contributed by atoms with Gasteiger partial charge in [-0.3, -0.25) is 0 Å². The summed E-state index contributed by atoms with van der Waals surface area (Å²) in [7, 11) is 0. The summed E-state index contributed by atoms with van der Waals surface area (Å²) in [4.78, 5) is 0. The van der Waals surface area contributed by atoms with E-state index in [1.54, 1.807) is 18.2 Å². The van der Waals surface area contributed by atoms with Crippen LogP contribution in [0.25, 0.3) is 0 Å². The second-order valence-electron chi connectivity index (χ2n) is 3.16. The number of rotatable bonds is 2. The van der Waals surface area contributed by atoms with Crippen molar-refractivity contribution in [2.45, 2.75) is 11.7 Å². The van der Waals surface area contributed by atoms with Crippen molar-refractivity contribution in [2.24, 2.45) is 0 Å². The molecule has 0 spiro atoms. The molecule has 1 heterocycles. The fourth-order valence-electron chi connectivity index (χ4n) is 1.27. The van der Waals surface area contributed by atoms with Crippen LogP contribution >= 0.6 is 11.8 Å². The van der Waals surface area contributed by atoms with Gasteiger partial charge in [0.15, 0.2) is 17.5 Å². The zero-order valence-corrected chi connectivity index (χ0v) is 8.08. The minimum Gasteiger partial charge on any atom is -0.204 e. The third-order valence-electron chi connectivity index (χ3n) is 2.12. The highest BCUT2D eigenvalue weighted by molar-refractivity contribution is 8.01. The van der Waals surface area contributed by atoms with Crippen LogP contribution in [0, 0.1) is 23.9 Å². The van der Waals surface area contributed by atoms with Gasteiger partial charge in [-0.15, -0.1) is 0 Å². The Bertz CT molecular complexity index is 324. The van der Waals surface area contributed by atoms with Crippen molar-refractivity contribution >= 4 is 11.8 Å². The minimum absolute atomic E-state index is 0.319. The first-order valence-corrected chi connectivity index (χ1v) is 5.33. The van der Waals surface area contributed by atoms with Crippen molar-refractivity contribution in [3.63, 3.8) is 0 Å². The highest BCUT2D eigenvalue weighted by atomic mass is 32.2. The van der Waals surface area contributed by atoms with Crippen LogP contribution < -0.4 is 0 Å². The Hall–Kier alpha value is -0.640. The Morgan fingerprint density at radius 2 is 1.79 bits per heavy atom.